The number of para-hydroxylation sites is 1. The zero-order chi connectivity index (χ0) is 18.7. The van der Waals surface area contributed by atoms with Gasteiger partial charge in [-0.1, -0.05) is 37.3 Å². The van der Waals surface area contributed by atoms with Gasteiger partial charge in [-0.05, 0) is 48.6 Å². The van der Waals surface area contributed by atoms with Gasteiger partial charge in [0.05, 0.1) is 11.9 Å². The number of fused-ring (bicyclic) bond motifs is 1. The van der Waals surface area contributed by atoms with Gasteiger partial charge in [-0.25, -0.2) is 8.42 Å². The summed E-state index contributed by atoms with van der Waals surface area (Å²) in [6.07, 6.45) is 3.84. The molecule has 1 aliphatic heterocycles. The predicted molar refractivity (Wildman–Crippen MR) is 105 cm³/mol. The summed E-state index contributed by atoms with van der Waals surface area (Å²) >= 11 is 0. The minimum absolute atomic E-state index is 0.196. The number of sulfonamides is 1. The summed E-state index contributed by atoms with van der Waals surface area (Å²) in [4.78, 5) is 14.6. The van der Waals surface area contributed by atoms with Crippen LogP contribution in [0.15, 0.2) is 48.5 Å². The van der Waals surface area contributed by atoms with E-state index in [1.54, 1.807) is 17.0 Å². The molecule has 0 bridgehead atoms. The molecule has 0 N–H and O–H groups in total. The molecule has 0 saturated heterocycles. The minimum Gasteiger partial charge on any atom is -0.311 e. The molecule has 138 valence electrons. The average Bonchev–Trinajstić information content (AvgIpc) is 2.64. The number of hydrogen-bond acceptors (Lipinski definition) is 3. The number of anilines is 2. The second-order valence-corrected chi connectivity index (χ2v) is 8.47. The minimum atomic E-state index is -3.56. The molecular formula is C20H24N2O3S. The summed E-state index contributed by atoms with van der Waals surface area (Å²) in [5, 5.41) is 0. The molecule has 0 spiro atoms. The van der Waals surface area contributed by atoms with Gasteiger partial charge in [0.25, 0.3) is 0 Å². The summed E-state index contributed by atoms with van der Waals surface area (Å²) in [5.41, 5.74) is 3.66. The topological polar surface area (TPSA) is 57.7 Å². The van der Waals surface area contributed by atoms with Crippen molar-refractivity contribution in [3.05, 3.63) is 59.7 Å². The lowest BCUT2D eigenvalue weighted by atomic mass is 10.0. The summed E-state index contributed by atoms with van der Waals surface area (Å²) in [6, 6.07) is 15.1. The van der Waals surface area contributed by atoms with Crippen LogP contribution in [0, 0.1) is 0 Å². The number of amides is 1. The third-order valence-corrected chi connectivity index (χ3v) is 5.86. The molecule has 0 radical (unpaired) electrons. The number of carbonyl (C=O) groups is 1. The van der Waals surface area contributed by atoms with Crippen LogP contribution in [-0.4, -0.2) is 33.7 Å². The first-order valence-electron chi connectivity index (χ1n) is 8.85. The average molecular weight is 372 g/mol. The number of benzene rings is 2. The maximum atomic E-state index is 12.9. The molecule has 0 atom stereocenters. The first-order valence-corrected chi connectivity index (χ1v) is 10.7. The summed E-state index contributed by atoms with van der Waals surface area (Å²) in [7, 11) is -3.56. The molecule has 0 aliphatic carbocycles. The van der Waals surface area contributed by atoms with Gasteiger partial charge in [0.15, 0.2) is 0 Å². The lowest BCUT2D eigenvalue weighted by Crippen LogP contribution is -2.44. The molecule has 1 aliphatic rings. The highest BCUT2D eigenvalue weighted by Gasteiger charge is 2.27. The van der Waals surface area contributed by atoms with E-state index in [-0.39, 0.29) is 12.5 Å². The first kappa shape index (κ1) is 18.5. The molecule has 5 nitrogen and oxygen atoms in total. The van der Waals surface area contributed by atoms with Crippen molar-refractivity contribution in [3.63, 3.8) is 0 Å². The molecule has 2 aromatic rings. The molecule has 0 saturated carbocycles. The Morgan fingerprint density at radius 2 is 1.81 bits per heavy atom. The van der Waals surface area contributed by atoms with Crippen molar-refractivity contribution < 1.29 is 13.2 Å². The van der Waals surface area contributed by atoms with Crippen molar-refractivity contribution in [2.75, 3.05) is 28.6 Å². The fraction of sp³-hybridized carbons (Fsp3) is 0.350. The van der Waals surface area contributed by atoms with E-state index in [1.807, 2.05) is 43.3 Å². The number of rotatable bonds is 5. The predicted octanol–water partition coefficient (Wildman–Crippen LogP) is 2.99. The summed E-state index contributed by atoms with van der Waals surface area (Å²) in [5.74, 6) is -0.206. The van der Waals surface area contributed by atoms with Crippen molar-refractivity contribution in [2.24, 2.45) is 0 Å². The van der Waals surface area contributed by atoms with Crippen molar-refractivity contribution in [3.8, 4) is 0 Å². The molecule has 26 heavy (non-hydrogen) atoms. The third-order valence-electron chi connectivity index (χ3n) is 4.72. The smallest absolute Gasteiger partial charge is 0.247 e. The van der Waals surface area contributed by atoms with Gasteiger partial charge >= 0.3 is 0 Å². The molecule has 0 unspecified atom stereocenters. The van der Waals surface area contributed by atoms with E-state index >= 15 is 0 Å². The van der Waals surface area contributed by atoms with Crippen molar-refractivity contribution >= 4 is 27.3 Å². The summed E-state index contributed by atoms with van der Waals surface area (Å²) < 4.78 is 25.8. The van der Waals surface area contributed by atoms with Gasteiger partial charge in [0.2, 0.25) is 15.9 Å². The van der Waals surface area contributed by atoms with E-state index in [2.05, 4.69) is 0 Å². The van der Waals surface area contributed by atoms with E-state index in [4.69, 9.17) is 0 Å². The summed E-state index contributed by atoms with van der Waals surface area (Å²) in [6.45, 7) is 2.46. The Morgan fingerprint density at radius 3 is 2.46 bits per heavy atom. The van der Waals surface area contributed by atoms with Crippen molar-refractivity contribution in [2.45, 2.75) is 26.2 Å². The monoisotopic (exact) mass is 372 g/mol. The van der Waals surface area contributed by atoms with E-state index in [0.717, 1.165) is 42.3 Å². The second-order valence-electron chi connectivity index (χ2n) is 6.57. The van der Waals surface area contributed by atoms with Crippen LogP contribution in [0.2, 0.25) is 0 Å². The molecule has 0 aromatic heterocycles. The van der Waals surface area contributed by atoms with Crippen LogP contribution in [0.4, 0.5) is 11.4 Å². The highest BCUT2D eigenvalue weighted by Crippen LogP contribution is 2.27. The van der Waals surface area contributed by atoms with Crippen LogP contribution in [-0.2, 0) is 27.7 Å². The number of hydrogen-bond donors (Lipinski definition) is 0. The zero-order valence-corrected chi connectivity index (χ0v) is 16.0. The van der Waals surface area contributed by atoms with Crippen LogP contribution >= 0.6 is 0 Å². The lowest BCUT2D eigenvalue weighted by Gasteiger charge is -2.31. The van der Waals surface area contributed by atoms with E-state index in [1.165, 1.54) is 4.31 Å². The normalized spacial score (nSPS) is 14.0. The van der Waals surface area contributed by atoms with Gasteiger partial charge in [-0.3, -0.25) is 9.10 Å². The zero-order valence-electron chi connectivity index (χ0n) is 15.2. The fourth-order valence-corrected chi connectivity index (χ4v) is 4.15. The highest BCUT2D eigenvalue weighted by molar-refractivity contribution is 7.92. The lowest BCUT2D eigenvalue weighted by molar-refractivity contribution is -0.117. The van der Waals surface area contributed by atoms with Crippen LogP contribution in [0.3, 0.4) is 0 Å². The van der Waals surface area contributed by atoms with Crippen LogP contribution in [0.5, 0.6) is 0 Å². The molecular weight excluding hydrogens is 348 g/mol. The van der Waals surface area contributed by atoms with E-state index in [0.29, 0.717) is 12.2 Å². The largest absolute Gasteiger partial charge is 0.311 e. The maximum Gasteiger partial charge on any atom is 0.247 e. The SMILES string of the molecule is CCc1ccc(N(CC(=O)N2CCCc3ccccc32)S(C)(=O)=O)cc1. The standard InChI is InChI=1S/C20H24N2O3S/c1-3-16-10-12-18(13-11-16)22(26(2,24)25)15-20(23)21-14-6-8-17-7-4-5-9-19(17)21/h4-5,7,9-13H,3,6,8,14-15H2,1-2H3. The molecule has 1 amide bonds. The number of carbonyl (C=O) groups excluding carboxylic acids is 1. The highest BCUT2D eigenvalue weighted by atomic mass is 32.2. The van der Waals surface area contributed by atoms with Gasteiger partial charge in [-0.2, -0.15) is 0 Å². The first-order chi connectivity index (χ1) is 12.4. The third kappa shape index (κ3) is 3.90. The van der Waals surface area contributed by atoms with Gasteiger partial charge < -0.3 is 4.90 Å². The van der Waals surface area contributed by atoms with Crippen LogP contribution in [0.1, 0.15) is 24.5 Å². The van der Waals surface area contributed by atoms with Crippen molar-refractivity contribution in [1.82, 2.24) is 0 Å². The Bertz CT molecular complexity index is 892. The number of nitrogens with zero attached hydrogens (tertiary/aromatic N) is 2. The fourth-order valence-electron chi connectivity index (χ4n) is 3.30. The van der Waals surface area contributed by atoms with Gasteiger partial charge in [0.1, 0.15) is 6.54 Å². The van der Waals surface area contributed by atoms with Gasteiger partial charge in [-0.15, -0.1) is 0 Å². The molecule has 2 aromatic carbocycles. The Morgan fingerprint density at radius 1 is 1.12 bits per heavy atom. The number of aryl methyl sites for hydroxylation is 2. The maximum absolute atomic E-state index is 12.9. The molecule has 3 rings (SSSR count). The molecule has 0 fully saturated rings. The van der Waals surface area contributed by atoms with E-state index < -0.39 is 10.0 Å². The second kappa shape index (κ2) is 7.50. The Balaban J connectivity index is 1.87. The quantitative estimate of drug-likeness (QED) is 0.811. The Kier molecular flexibility index (Phi) is 5.32. The van der Waals surface area contributed by atoms with Crippen molar-refractivity contribution in [1.29, 1.82) is 0 Å². The van der Waals surface area contributed by atoms with Crippen LogP contribution in [0.25, 0.3) is 0 Å². The molecule has 6 heteroatoms. The Hall–Kier alpha value is -2.34. The molecule has 1 heterocycles. The van der Waals surface area contributed by atoms with E-state index in [9.17, 15) is 13.2 Å². The van der Waals surface area contributed by atoms with Gasteiger partial charge in [0, 0.05) is 12.2 Å². The van der Waals surface area contributed by atoms with Crippen LogP contribution < -0.4 is 9.21 Å². The Labute approximate surface area is 155 Å².